The topological polar surface area (TPSA) is 15.3 Å². The molecule has 0 amide bonds. The Balaban J connectivity index is 1.54. The van der Waals surface area contributed by atoms with Crippen LogP contribution < -0.4 is 5.32 Å². The van der Waals surface area contributed by atoms with Crippen LogP contribution in [0, 0.1) is 0 Å². The predicted molar refractivity (Wildman–Crippen MR) is 75.9 cm³/mol. The van der Waals surface area contributed by atoms with E-state index in [0.717, 1.165) is 23.7 Å². The van der Waals surface area contributed by atoms with Crippen molar-refractivity contribution >= 4 is 11.6 Å². The minimum absolute atomic E-state index is 0.689. The van der Waals surface area contributed by atoms with Crippen molar-refractivity contribution in [2.45, 2.75) is 50.4 Å². The highest BCUT2D eigenvalue weighted by molar-refractivity contribution is 6.30. The molecule has 1 N–H and O–H groups in total. The number of fused-ring (bicyclic) bond motifs is 2. The maximum absolute atomic E-state index is 5.90. The molecule has 1 aromatic carbocycles. The second-order valence-electron chi connectivity index (χ2n) is 5.73. The van der Waals surface area contributed by atoms with Gasteiger partial charge in [-0.2, -0.15) is 0 Å². The molecule has 3 heteroatoms. The van der Waals surface area contributed by atoms with Gasteiger partial charge in [-0.25, -0.2) is 0 Å². The summed E-state index contributed by atoms with van der Waals surface area (Å²) in [5, 5.41) is 4.52. The van der Waals surface area contributed by atoms with Gasteiger partial charge in [0.15, 0.2) is 0 Å². The molecule has 0 radical (unpaired) electrons. The molecule has 98 valence electrons. The number of benzene rings is 1. The first-order valence-electron chi connectivity index (χ1n) is 6.92. The molecule has 18 heavy (non-hydrogen) atoms. The molecule has 0 saturated carbocycles. The third-order valence-corrected chi connectivity index (χ3v) is 4.86. The summed E-state index contributed by atoms with van der Waals surface area (Å²) in [4.78, 5) is 2.58. The van der Waals surface area contributed by atoms with Crippen LogP contribution in [-0.2, 0) is 6.54 Å². The zero-order chi connectivity index (χ0) is 12.5. The van der Waals surface area contributed by atoms with Gasteiger partial charge < -0.3 is 10.2 Å². The van der Waals surface area contributed by atoms with Gasteiger partial charge in [-0.1, -0.05) is 23.7 Å². The Kier molecular flexibility index (Phi) is 3.60. The van der Waals surface area contributed by atoms with E-state index < -0.39 is 0 Å². The molecule has 0 spiro atoms. The summed E-state index contributed by atoms with van der Waals surface area (Å²) < 4.78 is 0. The van der Waals surface area contributed by atoms with Crippen molar-refractivity contribution in [3.8, 4) is 0 Å². The van der Waals surface area contributed by atoms with E-state index in [4.69, 9.17) is 11.6 Å². The number of nitrogens with zero attached hydrogens (tertiary/aromatic N) is 1. The van der Waals surface area contributed by atoms with Crippen molar-refractivity contribution in [2.24, 2.45) is 0 Å². The molecule has 0 aliphatic carbocycles. The second kappa shape index (κ2) is 5.20. The minimum Gasteiger partial charge on any atom is -0.310 e. The van der Waals surface area contributed by atoms with Crippen LogP contribution in [0.15, 0.2) is 24.3 Å². The first-order valence-corrected chi connectivity index (χ1v) is 7.30. The van der Waals surface area contributed by atoms with Gasteiger partial charge in [0, 0.05) is 29.7 Å². The molecule has 3 rings (SSSR count). The zero-order valence-electron chi connectivity index (χ0n) is 10.9. The van der Waals surface area contributed by atoms with E-state index in [1.807, 2.05) is 12.1 Å². The number of hydrogen-bond acceptors (Lipinski definition) is 2. The second-order valence-corrected chi connectivity index (χ2v) is 6.16. The molecule has 2 aliphatic rings. The van der Waals surface area contributed by atoms with Crippen LogP contribution in [0.25, 0.3) is 0 Å². The summed E-state index contributed by atoms with van der Waals surface area (Å²) in [5.74, 6) is 0. The fraction of sp³-hybridized carbons (Fsp3) is 0.600. The summed E-state index contributed by atoms with van der Waals surface area (Å²) in [6.45, 7) is 0.963. The average Bonchev–Trinajstić information content (AvgIpc) is 2.62. The Bertz CT molecular complexity index is 389. The summed E-state index contributed by atoms with van der Waals surface area (Å²) in [6, 6.07) is 10.5. The van der Waals surface area contributed by atoms with Gasteiger partial charge in [-0.3, -0.25) is 0 Å². The standard InChI is InChI=1S/C15H21ClN2/c1-18-14-6-7-15(18)9-13(8-14)17-10-11-2-4-12(16)5-3-11/h2-5,13-15,17H,6-10H2,1H3. The first-order chi connectivity index (χ1) is 8.72. The Morgan fingerprint density at radius 1 is 1.17 bits per heavy atom. The van der Waals surface area contributed by atoms with Crippen LogP contribution in [-0.4, -0.2) is 30.1 Å². The lowest BCUT2D eigenvalue weighted by Crippen LogP contribution is -2.46. The van der Waals surface area contributed by atoms with Crippen molar-refractivity contribution in [1.82, 2.24) is 10.2 Å². The van der Waals surface area contributed by atoms with E-state index in [9.17, 15) is 0 Å². The lowest BCUT2D eigenvalue weighted by Gasteiger charge is -2.36. The highest BCUT2D eigenvalue weighted by Crippen LogP contribution is 2.34. The van der Waals surface area contributed by atoms with Crippen molar-refractivity contribution < 1.29 is 0 Å². The Morgan fingerprint density at radius 2 is 1.78 bits per heavy atom. The first kappa shape index (κ1) is 12.5. The maximum Gasteiger partial charge on any atom is 0.0406 e. The summed E-state index contributed by atoms with van der Waals surface area (Å²) in [5.41, 5.74) is 1.32. The smallest absolute Gasteiger partial charge is 0.0406 e. The number of piperidine rings is 1. The minimum atomic E-state index is 0.689. The molecule has 2 fully saturated rings. The molecule has 2 nitrogen and oxygen atoms in total. The highest BCUT2D eigenvalue weighted by atomic mass is 35.5. The van der Waals surface area contributed by atoms with Gasteiger partial charge in [0.25, 0.3) is 0 Å². The molecular weight excluding hydrogens is 244 g/mol. The molecule has 2 unspecified atom stereocenters. The van der Waals surface area contributed by atoms with E-state index in [2.05, 4.69) is 29.4 Å². The van der Waals surface area contributed by atoms with E-state index >= 15 is 0 Å². The Labute approximate surface area is 114 Å². The predicted octanol–water partition coefficient (Wildman–Crippen LogP) is 3.05. The van der Waals surface area contributed by atoms with Gasteiger partial charge >= 0.3 is 0 Å². The van der Waals surface area contributed by atoms with Crippen LogP contribution in [0.4, 0.5) is 0 Å². The van der Waals surface area contributed by atoms with E-state index in [1.54, 1.807) is 0 Å². The van der Waals surface area contributed by atoms with Crippen molar-refractivity contribution in [3.63, 3.8) is 0 Å². The van der Waals surface area contributed by atoms with Crippen LogP contribution in [0.2, 0.25) is 5.02 Å². The number of rotatable bonds is 3. The van der Waals surface area contributed by atoms with E-state index in [-0.39, 0.29) is 0 Å². The van der Waals surface area contributed by atoms with Gasteiger partial charge in [-0.15, -0.1) is 0 Å². The molecular formula is C15H21ClN2. The number of halogens is 1. The molecule has 2 aliphatic heterocycles. The molecule has 1 aromatic rings. The Hall–Kier alpha value is -0.570. The summed E-state index contributed by atoms with van der Waals surface area (Å²) in [7, 11) is 2.29. The van der Waals surface area contributed by atoms with Crippen molar-refractivity contribution in [2.75, 3.05) is 7.05 Å². The van der Waals surface area contributed by atoms with Gasteiger partial charge in [0.05, 0.1) is 0 Å². The third-order valence-electron chi connectivity index (χ3n) is 4.61. The largest absolute Gasteiger partial charge is 0.310 e. The Morgan fingerprint density at radius 3 is 2.39 bits per heavy atom. The lowest BCUT2D eigenvalue weighted by molar-refractivity contribution is 0.148. The monoisotopic (exact) mass is 264 g/mol. The summed E-state index contributed by atoms with van der Waals surface area (Å²) in [6.07, 6.45) is 5.39. The highest BCUT2D eigenvalue weighted by Gasteiger charge is 2.37. The van der Waals surface area contributed by atoms with Gasteiger partial charge in [0.1, 0.15) is 0 Å². The summed E-state index contributed by atoms with van der Waals surface area (Å²) >= 11 is 5.90. The molecule has 2 heterocycles. The zero-order valence-corrected chi connectivity index (χ0v) is 11.7. The van der Waals surface area contributed by atoms with E-state index in [0.29, 0.717) is 6.04 Å². The van der Waals surface area contributed by atoms with Crippen LogP contribution in [0.3, 0.4) is 0 Å². The van der Waals surface area contributed by atoms with Gasteiger partial charge in [0.2, 0.25) is 0 Å². The van der Waals surface area contributed by atoms with Crippen molar-refractivity contribution in [3.05, 3.63) is 34.9 Å². The molecule has 2 atom stereocenters. The lowest BCUT2D eigenvalue weighted by atomic mass is 9.98. The SMILES string of the molecule is CN1C2CCC1CC(NCc1ccc(Cl)cc1)C2. The maximum atomic E-state index is 5.90. The van der Waals surface area contributed by atoms with Crippen LogP contribution >= 0.6 is 11.6 Å². The normalized spacial score (nSPS) is 31.8. The third kappa shape index (κ3) is 2.56. The molecule has 0 aromatic heterocycles. The average molecular weight is 265 g/mol. The van der Waals surface area contributed by atoms with Crippen LogP contribution in [0.5, 0.6) is 0 Å². The number of hydrogen-bond donors (Lipinski definition) is 1. The van der Waals surface area contributed by atoms with E-state index in [1.165, 1.54) is 31.2 Å². The molecule has 2 saturated heterocycles. The van der Waals surface area contributed by atoms with Crippen LogP contribution in [0.1, 0.15) is 31.2 Å². The fourth-order valence-corrected chi connectivity index (χ4v) is 3.57. The van der Waals surface area contributed by atoms with Gasteiger partial charge in [-0.05, 0) is 50.4 Å². The number of nitrogens with one attached hydrogen (secondary N) is 1. The fourth-order valence-electron chi connectivity index (χ4n) is 3.44. The molecule has 2 bridgehead atoms. The van der Waals surface area contributed by atoms with Crippen molar-refractivity contribution in [1.29, 1.82) is 0 Å². The quantitative estimate of drug-likeness (QED) is 0.903.